The maximum absolute atomic E-state index is 11.7. The fourth-order valence-corrected chi connectivity index (χ4v) is 1.25. The number of amides is 1. The Morgan fingerprint density at radius 3 is 2.56 bits per heavy atom. The molecular formula is C10H19F2NO3. The lowest BCUT2D eigenvalue weighted by molar-refractivity contribution is -0.123. The first-order chi connectivity index (χ1) is 7.41. The monoisotopic (exact) mass is 239 g/mol. The molecule has 0 aliphatic rings. The smallest absolute Gasteiger partial charge is 0.261 e. The first-order valence-corrected chi connectivity index (χ1v) is 5.25. The number of carbonyl (C=O) groups is 1. The first kappa shape index (κ1) is 15.2. The van der Waals surface area contributed by atoms with Crippen LogP contribution < -0.4 is 5.32 Å². The highest BCUT2D eigenvalue weighted by Crippen LogP contribution is 1.98. The quantitative estimate of drug-likeness (QED) is 0.620. The molecule has 0 aromatic carbocycles. The molecule has 96 valence electrons. The molecule has 0 heterocycles. The molecule has 0 fully saturated rings. The van der Waals surface area contributed by atoms with Crippen LogP contribution in [-0.2, 0) is 9.53 Å². The third kappa shape index (κ3) is 9.79. The third-order valence-corrected chi connectivity index (χ3v) is 1.82. The maximum atomic E-state index is 11.7. The van der Waals surface area contributed by atoms with E-state index in [0.29, 0.717) is 6.42 Å². The van der Waals surface area contributed by atoms with Gasteiger partial charge in [0.25, 0.3) is 6.43 Å². The van der Waals surface area contributed by atoms with Crippen LogP contribution in [0.15, 0.2) is 0 Å². The van der Waals surface area contributed by atoms with Gasteiger partial charge in [-0.05, 0) is 20.3 Å². The van der Waals surface area contributed by atoms with Crippen molar-refractivity contribution in [1.82, 2.24) is 5.32 Å². The molecule has 0 spiro atoms. The van der Waals surface area contributed by atoms with Crippen LogP contribution in [0.2, 0.25) is 0 Å². The van der Waals surface area contributed by atoms with Crippen LogP contribution in [0.4, 0.5) is 8.78 Å². The Hall–Kier alpha value is -0.750. The highest BCUT2D eigenvalue weighted by atomic mass is 19.3. The Morgan fingerprint density at radius 2 is 2.06 bits per heavy atom. The van der Waals surface area contributed by atoms with Gasteiger partial charge in [-0.1, -0.05) is 0 Å². The molecule has 0 aliphatic heterocycles. The zero-order valence-electron chi connectivity index (χ0n) is 9.58. The average Bonchev–Trinajstić information content (AvgIpc) is 2.10. The summed E-state index contributed by atoms with van der Waals surface area (Å²) >= 11 is 0. The SMILES string of the molecule is CC(O)CC(C)NC(=O)CCOCC(F)F. The van der Waals surface area contributed by atoms with Gasteiger partial charge >= 0.3 is 0 Å². The summed E-state index contributed by atoms with van der Waals surface area (Å²) in [5.74, 6) is -0.262. The van der Waals surface area contributed by atoms with E-state index in [1.807, 2.05) is 0 Å². The fraction of sp³-hybridized carbons (Fsp3) is 0.900. The lowest BCUT2D eigenvalue weighted by Crippen LogP contribution is -2.35. The van der Waals surface area contributed by atoms with Gasteiger partial charge in [0.15, 0.2) is 0 Å². The largest absolute Gasteiger partial charge is 0.393 e. The Morgan fingerprint density at radius 1 is 1.44 bits per heavy atom. The summed E-state index contributed by atoms with van der Waals surface area (Å²) in [6.07, 6.45) is -2.47. The normalized spacial score (nSPS) is 14.9. The van der Waals surface area contributed by atoms with E-state index in [-0.39, 0.29) is 25.0 Å². The zero-order valence-corrected chi connectivity index (χ0v) is 9.58. The Kier molecular flexibility index (Phi) is 8.01. The van der Waals surface area contributed by atoms with Crippen molar-refractivity contribution in [3.63, 3.8) is 0 Å². The van der Waals surface area contributed by atoms with E-state index in [4.69, 9.17) is 5.11 Å². The van der Waals surface area contributed by atoms with E-state index < -0.39 is 19.1 Å². The summed E-state index contributed by atoms with van der Waals surface area (Å²) in [6.45, 7) is 2.74. The molecule has 0 radical (unpaired) electrons. The topological polar surface area (TPSA) is 58.6 Å². The number of hydrogen-bond donors (Lipinski definition) is 2. The second-order valence-corrected chi connectivity index (χ2v) is 3.77. The van der Waals surface area contributed by atoms with E-state index in [9.17, 15) is 13.6 Å². The molecule has 6 heteroatoms. The van der Waals surface area contributed by atoms with Crippen molar-refractivity contribution in [3.8, 4) is 0 Å². The molecule has 2 atom stereocenters. The van der Waals surface area contributed by atoms with Gasteiger partial charge in [-0.15, -0.1) is 0 Å². The molecule has 2 unspecified atom stereocenters. The maximum Gasteiger partial charge on any atom is 0.261 e. The average molecular weight is 239 g/mol. The Balaban J connectivity index is 3.51. The predicted octanol–water partition coefficient (Wildman–Crippen LogP) is 0.934. The minimum atomic E-state index is -2.50. The van der Waals surface area contributed by atoms with Crippen LogP contribution in [0.5, 0.6) is 0 Å². The van der Waals surface area contributed by atoms with Crippen molar-refractivity contribution in [2.45, 2.75) is 45.3 Å². The summed E-state index contributed by atoms with van der Waals surface area (Å²) < 4.78 is 27.9. The van der Waals surface area contributed by atoms with Crippen molar-refractivity contribution >= 4 is 5.91 Å². The van der Waals surface area contributed by atoms with Gasteiger partial charge in [0.1, 0.15) is 6.61 Å². The molecule has 16 heavy (non-hydrogen) atoms. The highest BCUT2D eigenvalue weighted by Gasteiger charge is 2.10. The van der Waals surface area contributed by atoms with Crippen molar-refractivity contribution in [3.05, 3.63) is 0 Å². The zero-order chi connectivity index (χ0) is 12.6. The van der Waals surface area contributed by atoms with Crippen LogP contribution >= 0.6 is 0 Å². The highest BCUT2D eigenvalue weighted by molar-refractivity contribution is 5.76. The number of hydrogen-bond acceptors (Lipinski definition) is 3. The second kappa shape index (κ2) is 8.41. The fourth-order valence-electron chi connectivity index (χ4n) is 1.25. The van der Waals surface area contributed by atoms with E-state index in [2.05, 4.69) is 10.1 Å². The third-order valence-electron chi connectivity index (χ3n) is 1.82. The number of aliphatic hydroxyl groups is 1. The molecule has 0 aromatic rings. The second-order valence-electron chi connectivity index (χ2n) is 3.77. The molecule has 0 rings (SSSR count). The summed E-state index contributed by atoms with van der Waals surface area (Å²) in [7, 11) is 0. The van der Waals surface area contributed by atoms with E-state index in [0.717, 1.165) is 0 Å². The van der Waals surface area contributed by atoms with Gasteiger partial charge in [0.2, 0.25) is 5.91 Å². The van der Waals surface area contributed by atoms with Crippen molar-refractivity contribution in [1.29, 1.82) is 0 Å². The minimum Gasteiger partial charge on any atom is -0.393 e. The number of rotatable bonds is 8. The number of nitrogens with one attached hydrogen (secondary N) is 1. The van der Waals surface area contributed by atoms with Gasteiger partial charge in [-0.25, -0.2) is 8.78 Å². The van der Waals surface area contributed by atoms with Crippen LogP contribution in [0, 0.1) is 0 Å². The molecule has 2 N–H and O–H groups in total. The number of aliphatic hydroxyl groups excluding tert-OH is 1. The molecular weight excluding hydrogens is 220 g/mol. The molecule has 4 nitrogen and oxygen atoms in total. The molecule has 0 saturated carbocycles. The van der Waals surface area contributed by atoms with E-state index >= 15 is 0 Å². The van der Waals surface area contributed by atoms with Gasteiger partial charge < -0.3 is 15.2 Å². The van der Waals surface area contributed by atoms with Gasteiger partial charge in [-0.3, -0.25) is 4.79 Å². The molecule has 1 amide bonds. The van der Waals surface area contributed by atoms with Crippen LogP contribution in [0.1, 0.15) is 26.7 Å². The standard InChI is InChI=1S/C10H19F2NO3/c1-7(5-8(2)14)13-10(15)3-4-16-6-9(11)12/h7-9,14H,3-6H2,1-2H3,(H,13,15). The number of halogens is 2. The number of ether oxygens (including phenoxy) is 1. The van der Waals surface area contributed by atoms with Crippen LogP contribution in [0.3, 0.4) is 0 Å². The summed E-state index contributed by atoms with van der Waals surface area (Å²) in [5, 5.41) is 11.7. The minimum absolute atomic E-state index is 0.0163. The van der Waals surface area contributed by atoms with Gasteiger partial charge in [-0.2, -0.15) is 0 Å². The summed E-state index contributed by atoms with van der Waals surface area (Å²) in [6, 6.07) is -0.136. The first-order valence-electron chi connectivity index (χ1n) is 5.25. The molecule has 0 bridgehead atoms. The van der Waals surface area contributed by atoms with E-state index in [1.54, 1.807) is 13.8 Å². The van der Waals surface area contributed by atoms with E-state index in [1.165, 1.54) is 0 Å². The van der Waals surface area contributed by atoms with Crippen molar-refractivity contribution in [2.75, 3.05) is 13.2 Å². The van der Waals surface area contributed by atoms with Gasteiger partial charge in [0, 0.05) is 12.5 Å². The number of alkyl halides is 2. The Bertz CT molecular complexity index is 201. The lowest BCUT2D eigenvalue weighted by Gasteiger charge is -2.15. The Labute approximate surface area is 94.0 Å². The van der Waals surface area contributed by atoms with Gasteiger partial charge in [0.05, 0.1) is 12.7 Å². The van der Waals surface area contributed by atoms with Crippen LogP contribution in [0.25, 0.3) is 0 Å². The van der Waals surface area contributed by atoms with Crippen LogP contribution in [-0.4, -0.2) is 42.8 Å². The summed E-state index contributed by atoms with van der Waals surface area (Å²) in [4.78, 5) is 11.2. The summed E-state index contributed by atoms with van der Waals surface area (Å²) in [5.41, 5.74) is 0. The van der Waals surface area contributed by atoms with Crippen molar-refractivity contribution in [2.24, 2.45) is 0 Å². The lowest BCUT2D eigenvalue weighted by atomic mass is 10.1. The molecule has 0 aromatic heterocycles. The molecule has 0 aliphatic carbocycles. The van der Waals surface area contributed by atoms with Crippen molar-refractivity contribution < 1.29 is 23.4 Å². The predicted molar refractivity (Wildman–Crippen MR) is 55.3 cm³/mol. The molecule has 0 saturated heterocycles. The number of carbonyl (C=O) groups excluding carboxylic acids is 1.